The van der Waals surface area contributed by atoms with Crippen molar-refractivity contribution in [1.29, 1.82) is 0 Å². The van der Waals surface area contributed by atoms with Crippen LogP contribution in [0.1, 0.15) is 11.1 Å². The molecule has 0 amide bonds. The highest BCUT2D eigenvalue weighted by atomic mass is 16.2. The Morgan fingerprint density at radius 1 is 0.909 bits per heavy atom. The van der Waals surface area contributed by atoms with Crippen molar-refractivity contribution < 1.29 is 0 Å². The van der Waals surface area contributed by atoms with E-state index in [1.807, 2.05) is 6.07 Å². The van der Waals surface area contributed by atoms with E-state index >= 15 is 0 Å². The Labute approximate surface area is 128 Å². The highest BCUT2D eigenvalue weighted by Gasteiger charge is 2.18. The monoisotopic (exact) mass is 300 g/mol. The summed E-state index contributed by atoms with van der Waals surface area (Å²) in [5.74, 6) is 0. The number of H-pyrrole nitrogens is 2. The molecule has 2 aromatic rings. The Morgan fingerprint density at radius 3 is 2.18 bits per heavy atom. The number of nitrogens with one attached hydrogen (secondary N) is 2. The molecule has 1 aliphatic rings. The van der Waals surface area contributed by atoms with Gasteiger partial charge in [-0.1, -0.05) is 30.3 Å². The predicted molar refractivity (Wildman–Crippen MR) is 84.7 cm³/mol. The minimum atomic E-state index is -0.457. The minimum Gasteiger partial charge on any atom is -0.314 e. The van der Waals surface area contributed by atoms with Gasteiger partial charge in [-0.25, -0.2) is 4.79 Å². The Hall–Kier alpha value is -2.18. The van der Waals surface area contributed by atoms with Gasteiger partial charge in [0, 0.05) is 51.0 Å². The smallest absolute Gasteiger partial charge is 0.314 e. The summed E-state index contributed by atoms with van der Waals surface area (Å²) in [6.07, 6.45) is 1.51. The van der Waals surface area contributed by atoms with Crippen LogP contribution in [0.3, 0.4) is 0 Å². The van der Waals surface area contributed by atoms with Crippen LogP contribution in [0.15, 0.2) is 46.1 Å². The lowest BCUT2D eigenvalue weighted by molar-refractivity contribution is 0.121. The highest BCUT2D eigenvalue weighted by molar-refractivity contribution is 5.14. The van der Waals surface area contributed by atoms with E-state index in [0.717, 1.165) is 32.7 Å². The average Bonchev–Trinajstić information content (AvgIpc) is 2.53. The molecule has 3 rings (SSSR count). The van der Waals surface area contributed by atoms with Crippen molar-refractivity contribution in [2.75, 3.05) is 26.2 Å². The normalized spacial score (nSPS) is 16.7. The number of aromatic nitrogens is 2. The van der Waals surface area contributed by atoms with Crippen molar-refractivity contribution in [3.05, 3.63) is 68.5 Å². The van der Waals surface area contributed by atoms with Crippen LogP contribution in [0.4, 0.5) is 0 Å². The molecule has 22 heavy (non-hydrogen) atoms. The SMILES string of the molecule is O=c1[nH]cc(CN2CCN(Cc3ccccc3)CC2)c(=O)[nH]1. The van der Waals surface area contributed by atoms with Gasteiger partial charge in [-0.2, -0.15) is 0 Å². The number of aromatic amines is 2. The number of piperazine rings is 1. The fourth-order valence-electron chi connectivity index (χ4n) is 2.74. The second kappa shape index (κ2) is 6.72. The molecule has 0 saturated carbocycles. The van der Waals surface area contributed by atoms with Gasteiger partial charge in [-0.15, -0.1) is 0 Å². The molecule has 0 unspecified atom stereocenters. The van der Waals surface area contributed by atoms with Gasteiger partial charge in [0.2, 0.25) is 0 Å². The van der Waals surface area contributed by atoms with Crippen LogP contribution in [0.5, 0.6) is 0 Å². The van der Waals surface area contributed by atoms with Gasteiger partial charge in [0.15, 0.2) is 0 Å². The average molecular weight is 300 g/mol. The predicted octanol–water partition coefficient (Wildman–Crippen LogP) is 0.381. The zero-order valence-electron chi connectivity index (χ0n) is 12.4. The lowest BCUT2D eigenvalue weighted by atomic mass is 10.2. The third-order valence-electron chi connectivity index (χ3n) is 4.00. The van der Waals surface area contributed by atoms with Crippen molar-refractivity contribution in [3.8, 4) is 0 Å². The van der Waals surface area contributed by atoms with E-state index in [1.165, 1.54) is 11.8 Å². The molecule has 116 valence electrons. The Bertz CT molecular complexity index is 715. The molecule has 0 spiro atoms. The van der Waals surface area contributed by atoms with Gasteiger partial charge in [0.25, 0.3) is 5.56 Å². The zero-order valence-corrected chi connectivity index (χ0v) is 12.4. The van der Waals surface area contributed by atoms with E-state index in [1.54, 1.807) is 0 Å². The van der Waals surface area contributed by atoms with Crippen molar-refractivity contribution in [3.63, 3.8) is 0 Å². The first kappa shape index (κ1) is 14.7. The van der Waals surface area contributed by atoms with E-state index in [2.05, 4.69) is 44.0 Å². The summed E-state index contributed by atoms with van der Waals surface area (Å²) in [6.45, 7) is 5.35. The molecule has 2 N–H and O–H groups in total. The summed E-state index contributed by atoms with van der Waals surface area (Å²) >= 11 is 0. The molecule has 2 heterocycles. The largest absolute Gasteiger partial charge is 0.325 e. The lowest BCUT2D eigenvalue weighted by Crippen LogP contribution is -2.46. The topological polar surface area (TPSA) is 72.2 Å². The molecule has 1 aromatic heterocycles. The first-order valence-electron chi connectivity index (χ1n) is 7.50. The van der Waals surface area contributed by atoms with Crippen molar-refractivity contribution >= 4 is 0 Å². The number of hydrogen-bond donors (Lipinski definition) is 2. The summed E-state index contributed by atoms with van der Waals surface area (Å²) in [5.41, 5.74) is 1.18. The third-order valence-corrected chi connectivity index (χ3v) is 4.00. The lowest BCUT2D eigenvalue weighted by Gasteiger charge is -2.34. The maximum absolute atomic E-state index is 11.7. The quantitative estimate of drug-likeness (QED) is 0.856. The maximum atomic E-state index is 11.7. The van der Waals surface area contributed by atoms with Crippen molar-refractivity contribution in [1.82, 2.24) is 19.8 Å². The molecule has 0 aliphatic carbocycles. The van der Waals surface area contributed by atoms with Crippen molar-refractivity contribution in [2.24, 2.45) is 0 Å². The van der Waals surface area contributed by atoms with Gasteiger partial charge in [-0.05, 0) is 5.56 Å². The van der Waals surface area contributed by atoms with Crippen LogP contribution in [0, 0.1) is 0 Å². The van der Waals surface area contributed by atoms with Crippen molar-refractivity contribution in [2.45, 2.75) is 13.1 Å². The van der Waals surface area contributed by atoms with Gasteiger partial charge in [0.05, 0.1) is 0 Å². The van der Waals surface area contributed by atoms with E-state index in [0.29, 0.717) is 12.1 Å². The van der Waals surface area contributed by atoms with E-state index in [-0.39, 0.29) is 5.56 Å². The molecule has 6 heteroatoms. The summed E-state index contributed by atoms with van der Waals surface area (Å²) in [4.78, 5) is 32.2. The fourth-order valence-corrected chi connectivity index (χ4v) is 2.74. The Kier molecular flexibility index (Phi) is 4.50. The first-order chi connectivity index (χ1) is 10.7. The maximum Gasteiger partial charge on any atom is 0.325 e. The Balaban J connectivity index is 1.53. The van der Waals surface area contributed by atoms with Gasteiger partial charge < -0.3 is 4.98 Å². The van der Waals surface area contributed by atoms with Crippen LogP contribution < -0.4 is 11.2 Å². The zero-order chi connectivity index (χ0) is 15.4. The number of rotatable bonds is 4. The highest BCUT2D eigenvalue weighted by Crippen LogP contribution is 2.09. The number of benzene rings is 1. The minimum absolute atomic E-state index is 0.296. The molecule has 6 nitrogen and oxygen atoms in total. The second-order valence-electron chi connectivity index (χ2n) is 5.64. The van der Waals surface area contributed by atoms with E-state index in [4.69, 9.17) is 0 Å². The van der Waals surface area contributed by atoms with Crippen LogP contribution in [0.2, 0.25) is 0 Å². The number of nitrogens with zero attached hydrogens (tertiary/aromatic N) is 2. The van der Waals surface area contributed by atoms with E-state index in [9.17, 15) is 9.59 Å². The molecule has 0 bridgehead atoms. The molecular weight excluding hydrogens is 280 g/mol. The molecule has 1 aliphatic heterocycles. The van der Waals surface area contributed by atoms with Gasteiger partial charge in [-0.3, -0.25) is 19.6 Å². The van der Waals surface area contributed by atoms with Crippen LogP contribution >= 0.6 is 0 Å². The fraction of sp³-hybridized carbons (Fsp3) is 0.375. The summed E-state index contributed by atoms with van der Waals surface area (Å²) in [7, 11) is 0. The van der Waals surface area contributed by atoms with E-state index < -0.39 is 5.69 Å². The molecular formula is C16H20N4O2. The number of hydrogen-bond acceptors (Lipinski definition) is 4. The molecule has 0 radical (unpaired) electrons. The van der Waals surface area contributed by atoms with Gasteiger partial charge in [0.1, 0.15) is 0 Å². The standard InChI is InChI=1S/C16H20N4O2/c21-15-14(10-17-16(22)18-15)12-20-8-6-19(7-9-20)11-13-4-2-1-3-5-13/h1-5,10H,6-9,11-12H2,(H2,17,18,21,22). The summed E-state index contributed by atoms with van der Waals surface area (Å²) < 4.78 is 0. The summed E-state index contributed by atoms with van der Waals surface area (Å²) in [5, 5.41) is 0. The van der Waals surface area contributed by atoms with Crippen LogP contribution in [-0.4, -0.2) is 45.9 Å². The van der Waals surface area contributed by atoms with Gasteiger partial charge >= 0.3 is 5.69 Å². The Morgan fingerprint density at radius 2 is 1.55 bits per heavy atom. The molecule has 1 aromatic carbocycles. The molecule has 1 fully saturated rings. The molecule has 1 saturated heterocycles. The van der Waals surface area contributed by atoms with Crippen LogP contribution in [-0.2, 0) is 13.1 Å². The molecule has 0 atom stereocenters. The second-order valence-corrected chi connectivity index (χ2v) is 5.64. The third kappa shape index (κ3) is 3.72. The first-order valence-corrected chi connectivity index (χ1v) is 7.50. The summed E-state index contributed by atoms with van der Waals surface area (Å²) in [6, 6.07) is 10.4. The van der Waals surface area contributed by atoms with Crippen LogP contribution in [0.25, 0.3) is 0 Å².